The topological polar surface area (TPSA) is 84.0 Å². The van der Waals surface area contributed by atoms with Gasteiger partial charge in [-0.2, -0.15) is 0 Å². The molecule has 6 nitrogen and oxygen atoms in total. The van der Waals surface area contributed by atoms with Crippen molar-refractivity contribution in [1.82, 2.24) is 9.97 Å². The highest BCUT2D eigenvalue weighted by molar-refractivity contribution is 6.40. The Bertz CT molecular complexity index is 758. The number of nitrogens with zero attached hydrogens (tertiary/aromatic N) is 2. The number of carbonyl (C=O) groups is 2. The van der Waals surface area contributed by atoms with E-state index in [4.69, 9.17) is 23.2 Å². The van der Waals surface area contributed by atoms with Crippen molar-refractivity contribution in [2.45, 2.75) is 12.8 Å². The lowest BCUT2D eigenvalue weighted by Gasteiger charge is -2.09. The Kier molecular flexibility index (Phi) is 4.45. The zero-order valence-corrected chi connectivity index (χ0v) is 13.4. The highest BCUT2D eigenvalue weighted by Crippen LogP contribution is 2.30. The molecule has 8 heteroatoms. The van der Waals surface area contributed by atoms with E-state index in [0.29, 0.717) is 5.82 Å². The summed E-state index contributed by atoms with van der Waals surface area (Å²) in [5.41, 5.74) is 0.165. The summed E-state index contributed by atoms with van der Waals surface area (Å²) >= 11 is 12.0. The number of carbonyl (C=O) groups excluding carboxylic acids is 2. The standard InChI is InChI=1S/C15H12Cl2N4O2/c16-9-2-1-3-10(17)13(9)15(23)21-12-6-11(18-7-19-12)20-14(22)8-4-5-8/h1-3,6-8H,4-5H2,(H2,18,19,20,21,22,23). The van der Waals surface area contributed by atoms with Gasteiger partial charge in [0.2, 0.25) is 5.91 Å². The number of rotatable bonds is 4. The molecule has 0 radical (unpaired) electrons. The molecule has 1 heterocycles. The number of amides is 2. The van der Waals surface area contributed by atoms with Crippen molar-refractivity contribution in [2.24, 2.45) is 5.92 Å². The summed E-state index contributed by atoms with van der Waals surface area (Å²) in [6.07, 6.45) is 3.05. The predicted molar refractivity (Wildman–Crippen MR) is 87.8 cm³/mol. The van der Waals surface area contributed by atoms with Gasteiger partial charge in [0.05, 0.1) is 15.6 Å². The van der Waals surface area contributed by atoms with Crippen LogP contribution in [0.25, 0.3) is 0 Å². The van der Waals surface area contributed by atoms with Gasteiger partial charge in [0, 0.05) is 12.0 Å². The number of aromatic nitrogens is 2. The molecule has 0 saturated heterocycles. The lowest BCUT2D eigenvalue weighted by atomic mass is 10.2. The molecule has 0 spiro atoms. The summed E-state index contributed by atoms with van der Waals surface area (Å²) in [6.45, 7) is 0. The quantitative estimate of drug-likeness (QED) is 0.884. The fraction of sp³-hybridized carbons (Fsp3) is 0.200. The minimum atomic E-state index is -0.487. The van der Waals surface area contributed by atoms with Gasteiger partial charge in [0.15, 0.2) is 0 Å². The second-order valence-electron chi connectivity index (χ2n) is 5.10. The predicted octanol–water partition coefficient (Wildman–Crippen LogP) is 3.38. The van der Waals surface area contributed by atoms with Crippen LogP contribution in [-0.4, -0.2) is 21.8 Å². The van der Waals surface area contributed by atoms with E-state index in [1.54, 1.807) is 18.2 Å². The maximum Gasteiger partial charge on any atom is 0.259 e. The fourth-order valence-electron chi connectivity index (χ4n) is 1.96. The van der Waals surface area contributed by atoms with Crippen molar-refractivity contribution < 1.29 is 9.59 Å². The monoisotopic (exact) mass is 350 g/mol. The van der Waals surface area contributed by atoms with Crippen LogP contribution in [0.1, 0.15) is 23.2 Å². The second-order valence-corrected chi connectivity index (χ2v) is 5.92. The largest absolute Gasteiger partial charge is 0.310 e. The number of hydrogen-bond acceptors (Lipinski definition) is 4. The third kappa shape index (κ3) is 3.78. The SMILES string of the molecule is O=C(Nc1cc(NC(=O)C2CC2)ncn1)c1c(Cl)cccc1Cl. The molecular formula is C15H12Cl2N4O2. The van der Waals surface area contributed by atoms with Gasteiger partial charge in [-0.15, -0.1) is 0 Å². The van der Waals surface area contributed by atoms with E-state index in [1.165, 1.54) is 12.4 Å². The van der Waals surface area contributed by atoms with E-state index in [1.807, 2.05) is 0 Å². The van der Waals surface area contributed by atoms with Crippen LogP contribution in [0, 0.1) is 5.92 Å². The zero-order valence-electron chi connectivity index (χ0n) is 11.8. The number of anilines is 2. The zero-order chi connectivity index (χ0) is 16.4. The molecule has 1 aromatic carbocycles. The lowest BCUT2D eigenvalue weighted by molar-refractivity contribution is -0.117. The molecule has 1 saturated carbocycles. The molecule has 1 aliphatic carbocycles. The summed E-state index contributed by atoms with van der Waals surface area (Å²) in [4.78, 5) is 31.9. The van der Waals surface area contributed by atoms with E-state index in [0.717, 1.165) is 12.8 Å². The molecule has 1 aliphatic rings. The third-order valence-corrected chi connectivity index (χ3v) is 3.93. The van der Waals surface area contributed by atoms with Crippen molar-refractivity contribution >= 4 is 46.7 Å². The average Bonchev–Trinajstić information content (AvgIpc) is 3.32. The van der Waals surface area contributed by atoms with Gasteiger partial charge >= 0.3 is 0 Å². The Morgan fingerprint density at radius 1 is 1.04 bits per heavy atom. The first kappa shape index (κ1) is 15.7. The molecule has 2 aromatic rings. The molecular weight excluding hydrogens is 339 g/mol. The minimum Gasteiger partial charge on any atom is -0.310 e. The highest BCUT2D eigenvalue weighted by atomic mass is 35.5. The first-order valence-electron chi connectivity index (χ1n) is 6.93. The van der Waals surface area contributed by atoms with Gasteiger partial charge in [-0.1, -0.05) is 29.3 Å². The van der Waals surface area contributed by atoms with Crippen molar-refractivity contribution in [3.05, 3.63) is 46.2 Å². The lowest BCUT2D eigenvalue weighted by Crippen LogP contribution is -2.17. The van der Waals surface area contributed by atoms with E-state index in [-0.39, 0.29) is 33.3 Å². The average molecular weight is 351 g/mol. The molecule has 2 amide bonds. The summed E-state index contributed by atoms with van der Waals surface area (Å²) < 4.78 is 0. The second kappa shape index (κ2) is 6.52. The van der Waals surface area contributed by atoms with Crippen LogP contribution in [0.4, 0.5) is 11.6 Å². The Morgan fingerprint density at radius 2 is 1.65 bits per heavy atom. The number of nitrogens with one attached hydrogen (secondary N) is 2. The molecule has 0 atom stereocenters. The van der Waals surface area contributed by atoms with Crippen LogP contribution in [0.5, 0.6) is 0 Å². The Labute approximate surface area is 142 Å². The number of hydrogen-bond donors (Lipinski definition) is 2. The van der Waals surface area contributed by atoms with Crippen molar-refractivity contribution in [3.8, 4) is 0 Å². The van der Waals surface area contributed by atoms with Crippen LogP contribution < -0.4 is 10.6 Å². The first-order valence-corrected chi connectivity index (χ1v) is 7.68. The fourth-order valence-corrected chi connectivity index (χ4v) is 2.53. The first-order chi connectivity index (χ1) is 11.0. The molecule has 0 aliphatic heterocycles. The van der Waals surface area contributed by atoms with Gasteiger partial charge in [-0.05, 0) is 25.0 Å². The van der Waals surface area contributed by atoms with E-state index >= 15 is 0 Å². The van der Waals surface area contributed by atoms with Crippen LogP contribution >= 0.6 is 23.2 Å². The maximum absolute atomic E-state index is 12.3. The summed E-state index contributed by atoms with van der Waals surface area (Å²) in [5.74, 6) is 0.0726. The van der Waals surface area contributed by atoms with Gasteiger partial charge in [0.25, 0.3) is 5.91 Å². The molecule has 0 bridgehead atoms. The molecule has 0 unspecified atom stereocenters. The van der Waals surface area contributed by atoms with Crippen LogP contribution in [-0.2, 0) is 4.79 Å². The minimum absolute atomic E-state index is 0.0601. The van der Waals surface area contributed by atoms with Crippen LogP contribution in [0.3, 0.4) is 0 Å². The molecule has 1 fully saturated rings. The molecule has 3 rings (SSSR count). The Balaban J connectivity index is 1.74. The summed E-state index contributed by atoms with van der Waals surface area (Å²) in [7, 11) is 0. The van der Waals surface area contributed by atoms with Gasteiger partial charge in [-0.25, -0.2) is 9.97 Å². The third-order valence-electron chi connectivity index (χ3n) is 3.30. The summed E-state index contributed by atoms with van der Waals surface area (Å²) in [5, 5.41) is 5.76. The highest BCUT2D eigenvalue weighted by Gasteiger charge is 2.29. The van der Waals surface area contributed by atoms with Crippen molar-refractivity contribution in [3.63, 3.8) is 0 Å². The summed E-state index contributed by atoms with van der Waals surface area (Å²) in [6, 6.07) is 6.27. The van der Waals surface area contributed by atoms with Gasteiger partial charge in [0.1, 0.15) is 18.0 Å². The van der Waals surface area contributed by atoms with E-state index < -0.39 is 5.91 Å². The smallest absolute Gasteiger partial charge is 0.259 e. The molecule has 1 aromatic heterocycles. The Morgan fingerprint density at radius 3 is 2.26 bits per heavy atom. The van der Waals surface area contributed by atoms with E-state index in [9.17, 15) is 9.59 Å². The molecule has 23 heavy (non-hydrogen) atoms. The van der Waals surface area contributed by atoms with Gasteiger partial charge < -0.3 is 10.6 Å². The number of benzene rings is 1. The normalized spacial score (nSPS) is 13.5. The maximum atomic E-state index is 12.3. The molecule has 118 valence electrons. The Hall–Kier alpha value is -2.18. The number of halogens is 2. The van der Waals surface area contributed by atoms with Crippen molar-refractivity contribution in [2.75, 3.05) is 10.6 Å². The molecule has 2 N–H and O–H groups in total. The van der Waals surface area contributed by atoms with Crippen LogP contribution in [0.15, 0.2) is 30.6 Å². The van der Waals surface area contributed by atoms with Crippen molar-refractivity contribution in [1.29, 1.82) is 0 Å². The van der Waals surface area contributed by atoms with Crippen LogP contribution in [0.2, 0.25) is 10.0 Å². The van der Waals surface area contributed by atoms with E-state index in [2.05, 4.69) is 20.6 Å². The van der Waals surface area contributed by atoms with Gasteiger partial charge in [-0.3, -0.25) is 9.59 Å².